The van der Waals surface area contributed by atoms with Crippen molar-refractivity contribution in [1.82, 2.24) is 19.3 Å². The summed E-state index contributed by atoms with van der Waals surface area (Å²) < 4.78 is 3.75. The predicted octanol–water partition coefficient (Wildman–Crippen LogP) is 2.10. The molecule has 0 aromatic carbocycles. The van der Waals surface area contributed by atoms with Crippen LogP contribution in [0.2, 0.25) is 5.02 Å². The summed E-state index contributed by atoms with van der Waals surface area (Å²) in [5.74, 6) is 1.82. The second-order valence-electron chi connectivity index (χ2n) is 4.89. The van der Waals surface area contributed by atoms with E-state index < -0.39 is 0 Å². The number of amides is 1. The number of halogens is 1. The normalized spacial score (nSPS) is 14.1. The first kappa shape index (κ1) is 13.2. The van der Waals surface area contributed by atoms with Gasteiger partial charge in [-0.15, -0.1) is 0 Å². The Hall–Kier alpha value is -1.82. The Bertz CT molecular complexity index is 618. The monoisotopic (exact) mass is 293 g/mol. The Balaban J connectivity index is 1.57. The van der Waals surface area contributed by atoms with Crippen molar-refractivity contribution in [1.29, 1.82) is 0 Å². The highest BCUT2D eigenvalue weighted by molar-refractivity contribution is 6.30. The van der Waals surface area contributed by atoms with Gasteiger partial charge in [0.25, 0.3) is 0 Å². The van der Waals surface area contributed by atoms with Crippen LogP contribution in [0.4, 0.5) is 5.82 Å². The van der Waals surface area contributed by atoms with Crippen molar-refractivity contribution in [2.24, 2.45) is 0 Å². The number of aryl methyl sites for hydroxylation is 2. The van der Waals surface area contributed by atoms with E-state index in [1.54, 1.807) is 23.3 Å². The average Bonchev–Trinajstić information content (AvgIpc) is 3.04. The van der Waals surface area contributed by atoms with E-state index in [-0.39, 0.29) is 5.91 Å². The zero-order chi connectivity index (χ0) is 13.9. The molecule has 0 saturated carbocycles. The SMILES string of the molecule is O=C(CCn1cc(Cl)cn1)Nc1cnc2n1CCCC2. The average molecular weight is 294 g/mol. The molecule has 3 heterocycles. The zero-order valence-corrected chi connectivity index (χ0v) is 11.8. The maximum Gasteiger partial charge on any atom is 0.227 e. The molecule has 0 bridgehead atoms. The Labute approximate surface area is 121 Å². The highest BCUT2D eigenvalue weighted by atomic mass is 35.5. The van der Waals surface area contributed by atoms with E-state index in [9.17, 15) is 4.79 Å². The molecular weight excluding hydrogens is 278 g/mol. The number of fused-ring (bicyclic) bond motifs is 1. The van der Waals surface area contributed by atoms with Crippen LogP contribution in [0.25, 0.3) is 0 Å². The number of hydrogen-bond acceptors (Lipinski definition) is 3. The summed E-state index contributed by atoms with van der Waals surface area (Å²) in [6.45, 7) is 1.44. The molecule has 1 aliphatic rings. The van der Waals surface area contributed by atoms with Crippen LogP contribution in [-0.2, 0) is 24.3 Å². The third-order valence-electron chi connectivity index (χ3n) is 3.41. The third-order valence-corrected chi connectivity index (χ3v) is 3.60. The molecule has 20 heavy (non-hydrogen) atoms. The van der Waals surface area contributed by atoms with Crippen molar-refractivity contribution in [3.05, 3.63) is 29.4 Å². The molecule has 0 radical (unpaired) electrons. The Morgan fingerprint density at radius 2 is 2.30 bits per heavy atom. The van der Waals surface area contributed by atoms with Gasteiger partial charge in [0.15, 0.2) is 0 Å². The van der Waals surface area contributed by atoms with E-state index in [1.165, 1.54) is 6.42 Å². The predicted molar refractivity (Wildman–Crippen MR) is 75.6 cm³/mol. The van der Waals surface area contributed by atoms with Gasteiger partial charge < -0.3 is 9.88 Å². The number of carbonyl (C=O) groups is 1. The molecule has 0 unspecified atom stereocenters. The van der Waals surface area contributed by atoms with E-state index in [4.69, 9.17) is 11.6 Å². The molecule has 0 atom stereocenters. The molecule has 0 fully saturated rings. The number of aromatic nitrogens is 4. The van der Waals surface area contributed by atoms with Gasteiger partial charge in [-0.1, -0.05) is 11.6 Å². The number of imidazole rings is 1. The highest BCUT2D eigenvalue weighted by Gasteiger charge is 2.15. The molecule has 0 aliphatic carbocycles. The minimum atomic E-state index is -0.0371. The van der Waals surface area contributed by atoms with Gasteiger partial charge in [-0.3, -0.25) is 9.48 Å². The number of nitrogens with zero attached hydrogens (tertiary/aromatic N) is 4. The Morgan fingerprint density at radius 1 is 1.40 bits per heavy atom. The van der Waals surface area contributed by atoms with Gasteiger partial charge in [0.1, 0.15) is 11.6 Å². The number of anilines is 1. The standard InChI is InChI=1S/C13H16ClN5O/c14-10-7-16-18(9-10)6-4-13(20)17-12-8-15-11-3-1-2-5-19(11)12/h7-9H,1-6H2,(H,17,20). The minimum Gasteiger partial charge on any atom is -0.315 e. The van der Waals surface area contributed by atoms with Crippen molar-refractivity contribution in [2.75, 3.05) is 5.32 Å². The van der Waals surface area contributed by atoms with E-state index in [0.717, 1.165) is 31.0 Å². The number of nitrogens with one attached hydrogen (secondary N) is 1. The topological polar surface area (TPSA) is 64.7 Å². The van der Waals surface area contributed by atoms with Gasteiger partial charge in [-0.05, 0) is 12.8 Å². The summed E-state index contributed by atoms with van der Waals surface area (Å²) in [5, 5.41) is 7.54. The molecule has 2 aromatic rings. The summed E-state index contributed by atoms with van der Waals surface area (Å²) in [5.41, 5.74) is 0. The lowest BCUT2D eigenvalue weighted by Crippen LogP contribution is -2.19. The first-order valence-electron chi connectivity index (χ1n) is 6.74. The van der Waals surface area contributed by atoms with Crippen LogP contribution in [0.15, 0.2) is 18.6 Å². The lowest BCUT2D eigenvalue weighted by atomic mass is 10.2. The molecule has 106 valence electrons. The van der Waals surface area contributed by atoms with Crippen molar-refractivity contribution in [3.8, 4) is 0 Å². The molecule has 1 amide bonds. The molecule has 2 aromatic heterocycles. The molecular formula is C13H16ClN5O. The van der Waals surface area contributed by atoms with E-state index in [0.29, 0.717) is 18.0 Å². The Morgan fingerprint density at radius 3 is 3.10 bits per heavy atom. The lowest BCUT2D eigenvalue weighted by Gasteiger charge is -2.16. The summed E-state index contributed by atoms with van der Waals surface area (Å²) in [4.78, 5) is 16.3. The smallest absolute Gasteiger partial charge is 0.227 e. The number of hydrogen-bond donors (Lipinski definition) is 1. The number of carbonyl (C=O) groups excluding carboxylic acids is 1. The van der Waals surface area contributed by atoms with Gasteiger partial charge in [0.2, 0.25) is 5.91 Å². The third kappa shape index (κ3) is 2.85. The largest absolute Gasteiger partial charge is 0.315 e. The van der Waals surface area contributed by atoms with Crippen LogP contribution >= 0.6 is 11.6 Å². The van der Waals surface area contributed by atoms with Crippen LogP contribution in [0.5, 0.6) is 0 Å². The summed E-state index contributed by atoms with van der Waals surface area (Å²) >= 11 is 5.77. The van der Waals surface area contributed by atoms with Crippen LogP contribution in [0, 0.1) is 0 Å². The summed E-state index contributed by atoms with van der Waals surface area (Å²) in [7, 11) is 0. The van der Waals surface area contributed by atoms with E-state index in [1.807, 2.05) is 0 Å². The first-order valence-corrected chi connectivity index (χ1v) is 7.12. The molecule has 1 aliphatic heterocycles. The van der Waals surface area contributed by atoms with Crippen molar-refractivity contribution < 1.29 is 4.79 Å². The van der Waals surface area contributed by atoms with Crippen LogP contribution < -0.4 is 5.32 Å². The van der Waals surface area contributed by atoms with Crippen molar-refractivity contribution in [2.45, 2.75) is 38.8 Å². The molecule has 3 rings (SSSR count). The lowest BCUT2D eigenvalue weighted by molar-refractivity contribution is -0.116. The fourth-order valence-corrected chi connectivity index (χ4v) is 2.55. The van der Waals surface area contributed by atoms with Crippen LogP contribution in [-0.4, -0.2) is 25.2 Å². The van der Waals surface area contributed by atoms with Gasteiger partial charge in [-0.2, -0.15) is 5.10 Å². The molecule has 6 nitrogen and oxygen atoms in total. The zero-order valence-electron chi connectivity index (χ0n) is 11.0. The van der Waals surface area contributed by atoms with Crippen molar-refractivity contribution in [3.63, 3.8) is 0 Å². The van der Waals surface area contributed by atoms with Crippen LogP contribution in [0.3, 0.4) is 0 Å². The second-order valence-corrected chi connectivity index (χ2v) is 5.32. The van der Waals surface area contributed by atoms with Gasteiger partial charge >= 0.3 is 0 Å². The first-order chi connectivity index (χ1) is 9.72. The number of rotatable bonds is 4. The molecule has 0 spiro atoms. The Kier molecular flexibility index (Phi) is 3.73. The molecule has 1 N–H and O–H groups in total. The fraction of sp³-hybridized carbons (Fsp3) is 0.462. The van der Waals surface area contributed by atoms with Gasteiger partial charge in [0.05, 0.1) is 17.4 Å². The minimum absolute atomic E-state index is 0.0371. The summed E-state index contributed by atoms with van der Waals surface area (Å²) in [6, 6.07) is 0. The maximum absolute atomic E-state index is 12.0. The molecule has 7 heteroatoms. The van der Waals surface area contributed by atoms with E-state index >= 15 is 0 Å². The highest BCUT2D eigenvalue weighted by Crippen LogP contribution is 2.19. The van der Waals surface area contributed by atoms with Gasteiger partial charge in [0, 0.05) is 32.1 Å². The second kappa shape index (κ2) is 5.66. The fourth-order valence-electron chi connectivity index (χ4n) is 2.40. The molecule has 0 saturated heterocycles. The van der Waals surface area contributed by atoms with E-state index in [2.05, 4.69) is 20.0 Å². The quantitative estimate of drug-likeness (QED) is 0.939. The maximum atomic E-state index is 12.0. The van der Waals surface area contributed by atoms with Crippen LogP contribution in [0.1, 0.15) is 25.1 Å². The summed E-state index contributed by atoms with van der Waals surface area (Å²) in [6.07, 6.45) is 8.66. The van der Waals surface area contributed by atoms with Gasteiger partial charge in [-0.25, -0.2) is 4.98 Å². The van der Waals surface area contributed by atoms with Crippen molar-refractivity contribution >= 4 is 23.3 Å².